The maximum Gasteiger partial charge on any atom is 0.166 e. The fraction of sp³-hybridized carbons (Fsp3) is 0.967. The Morgan fingerprint density at radius 3 is 2.65 bits per heavy atom. The molecule has 7 fully saturated rings. The van der Waals surface area contributed by atoms with Crippen LogP contribution in [0.25, 0.3) is 0 Å². The summed E-state index contributed by atoms with van der Waals surface area (Å²) in [6.45, 7) is 13.7. The van der Waals surface area contributed by atoms with E-state index in [2.05, 4.69) is 39.5 Å². The molecule has 7 aliphatic rings. The number of nitrogens with zero attached hydrogens (tertiary/aromatic N) is 1. The van der Waals surface area contributed by atoms with Crippen LogP contribution in [0.4, 0.5) is 0 Å². The maximum atomic E-state index is 14.1. The average Bonchev–Trinajstić information content (AvgIpc) is 3.41. The number of fused-ring (bicyclic) bond motifs is 4. The molecule has 0 radical (unpaired) electrons. The molecule has 1 spiro atoms. The van der Waals surface area contributed by atoms with Crippen molar-refractivity contribution in [3.05, 3.63) is 0 Å². The van der Waals surface area contributed by atoms with Crippen molar-refractivity contribution in [2.45, 2.75) is 129 Å². The molecule has 7 bridgehead atoms. The number of rotatable bonds is 5. The van der Waals surface area contributed by atoms with Gasteiger partial charge in [0.15, 0.2) is 5.79 Å². The van der Waals surface area contributed by atoms with Crippen molar-refractivity contribution >= 4 is 5.78 Å². The lowest BCUT2D eigenvalue weighted by atomic mass is 9.42. The maximum absolute atomic E-state index is 14.1. The van der Waals surface area contributed by atoms with Crippen molar-refractivity contribution < 1.29 is 14.3 Å². The predicted molar refractivity (Wildman–Crippen MR) is 132 cm³/mol. The van der Waals surface area contributed by atoms with E-state index in [9.17, 15) is 4.79 Å². The Labute approximate surface area is 206 Å². The summed E-state index contributed by atoms with van der Waals surface area (Å²) >= 11 is 0. The van der Waals surface area contributed by atoms with Crippen LogP contribution in [0.1, 0.15) is 105 Å². The summed E-state index contributed by atoms with van der Waals surface area (Å²) in [5.41, 5.74) is 0.704. The van der Waals surface area contributed by atoms with E-state index in [4.69, 9.17) is 9.47 Å². The number of Topliss-reactive ketones (excluding diaryl/α,β-unsaturated/α-hetero) is 1. The number of hydrogen-bond donors (Lipinski definition) is 0. The van der Waals surface area contributed by atoms with E-state index in [-0.39, 0.29) is 6.10 Å². The van der Waals surface area contributed by atoms with Crippen LogP contribution in [-0.4, -0.2) is 47.3 Å². The first kappa shape index (κ1) is 22.7. The highest BCUT2D eigenvalue weighted by atomic mass is 16.7. The number of ketones is 1. The lowest BCUT2D eigenvalue weighted by molar-refractivity contribution is -0.282. The van der Waals surface area contributed by atoms with Crippen LogP contribution >= 0.6 is 0 Å². The Morgan fingerprint density at radius 2 is 1.85 bits per heavy atom. The van der Waals surface area contributed by atoms with Gasteiger partial charge in [-0.3, -0.25) is 9.69 Å². The van der Waals surface area contributed by atoms with Crippen LogP contribution in [0.5, 0.6) is 0 Å². The molecule has 5 aliphatic heterocycles. The highest BCUT2D eigenvalue weighted by Crippen LogP contribution is 2.79. The lowest BCUT2D eigenvalue weighted by Crippen LogP contribution is -2.68. The largest absolute Gasteiger partial charge is 0.349 e. The molecule has 1 unspecified atom stereocenters. The molecule has 0 aromatic carbocycles. The fourth-order valence-electron chi connectivity index (χ4n) is 11.6. The SMILES string of the molecule is CC(C)[C@H]1CC[C@@]2(C)[C@@H]3CC[C@]45CCC[C@H]4[C@@]2(CCC(=O)[C@]2(C)CO[C@@]4(C)CC[C@@H]2O4)[C@H]1N5C3. The summed E-state index contributed by atoms with van der Waals surface area (Å²) in [6, 6.07) is 0.697. The normalized spacial score (nSPS) is 59.0. The topological polar surface area (TPSA) is 38.8 Å². The number of ether oxygens (including phenoxy) is 2. The second-order valence-electron chi connectivity index (χ2n) is 14.7. The van der Waals surface area contributed by atoms with Gasteiger partial charge in [0.25, 0.3) is 0 Å². The van der Waals surface area contributed by atoms with Crippen LogP contribution in [-0.2, 0) is 14.3 Å². The minimum atomic E-state index is -0.473. The Balaban J connectivity index is 1.26. The lowest BCUT2D eigenvalue weighted by Gasteiger charge is -2.67. The van der Waals surface area contributed by atoms with Crippen molar-refractivity contribution in [3.8, 4) is 0 Å². The van der Waals surface area contributed by atoms with Crippen LogP contribution in [0, 0.1) is 39.9 Å². The highest BCUT2D eigenvalue weighted by Gasteiger charge is 2.79. The third-order valence-corrected chi connectivity index (χ3v) is 13.4. The van der Waals surface area contributed by atoms with Crippen molar-refractivity contribution in [2.24, 2.45) is 39.9 Å². The van der Waals surface area contributed by atoms with Gasteiger partial charge in [-0.1, -0.05) is 27.2 Å². The smallest absolute Gasteiger partial charge is 0.166 e. The Bertz CT molecular complexity index is 903. The number of piperidine rings is 2. The fourth-order valence-corrected chi connectivity index (χ4v) is 11.6. The average molecular weight is 470 g/mol. The zero-order chi connectivity index (χ0) is 23.7. The minimum absolute atomic E-state index is 0.0372. The molecule has 7 rings (SSSR count). The van der Waals surface area contributed by atoms with Gasteiger partial charge in [0.1, 0.15) is 5.78 Å². The quantitative estimate of drug-likeness (QED) is 0.497. The molecule has 0 aromatic heterocycles. The second-order valence-corrected chi connectivity index (χ2v) is 14.7. The van der Waals surface area contributed by atoms with Gasteiger partial charge in [-0.15, -0.1) is 0 Å². The van der Waals surface area contributed by atoms with Gasteiger partial charge in [-0.2, -0.15) is 0 Å². The molecule has 2 aliphatic carbocycles. The third kappa shape index (κ3) is 2.45. The number of carbonyl (C=O) groups excluding carboxylic acids is 1. The van der Waals surface area contributed by atoms with Gasteiger partial charge in [0.2, 0.25) is 0 Å². The molecule has 2 saturated carbocycles. The Hall–Kier alpha value is -0.450. The molecular formula is C30H47NO3. The molecule has 0 N–H and O–H groups in total. The van der Waals surface area contributed by atoms with E-state index in [1.54, 1.807) is 0 Å². The molecular weight excluding hydrogens is 422 g/mol. The van der Waals surface area contributed by atoms with Crippen LogP contribution in [0.2, 0.25) is 0 Å². The first-order valence-electron chi connectivity index (χ1n) is 14.7. The predicted octanol–water partition coefficient (Wildman–Crippen LogP) is 5.97. The summed E-state index contributed by atoms with van der Waals surface area (Å²) in [4.78, 5) is 17.2. The van der Waals surface area contributed by atoms with E-state index in [1.165, 1.54) is 51.5 Å². The van der Waals surface area contributed by atoms with Gasteiger partial charge in [0.05, 0.1) is 18.1 Å². The molecule has 4 heteroatoms. The first-order valence-corrected chi connectivity index (χ1v) is 14.7. The van der Waals surface area contributed by atoms with Gasteiger partial charge in [-0.05, 0) is 99.7 Å². The Morgan fingerprint density at radius 1 is 1.03 bits per heavy atom. The second kappa shape index (κ2) is 6.90. The van der Waals surface area contributed by atoms with Crippen LogP contribution < -0.4 is 0 Å². The van der Waals surface area contributed by atoms with E-state index >= 15 is 0 Å². The molecule has 0 amide bonds. The van der Waals surface area contributed by atoms with E-state index in [1.807, 2.05) is 0 Å². The molecule has 4 nitrogen and oxygen atoms in total. The van der Waals surface area contributed by atoms with Gasteiger partial charge in [-0.25, -0.2) is 0 Å². The summed E-state index contributed by atoms with van der Waals surface area (Å²) < 4.78 is 12.4. The number of carbonyl (C=O) groups is 1. The van der Waals surface area contributed by atoms with E-state index < -0.39 is 11.2 Å². The van der Waals surface area contributed by atoms with E-state index in [0.717, 1.165) is 49.4 Å². The van der Waals surface area contributed by atoms with Gasteiger partial charge >= 0.3 is 0 Å². The van der Waals surface area contributed by atoms with E-state index in [0.29, 0.717) is 34.8 Å². The minimum Gasteiger partial charge on any atom is -0.349 e. The molecule has 5 saturated heterocycles. The van der Waals surface area contributed by atoms with Crippen molar-refractivity contribution in [1.82, 2.24) is 4.90 Å². The van der Waals surface area contributed by atoms with Crippen molar-refractivity contribution in [2.75, 3.05) is 13.2 Å². The Kier molecular flexibility index (Phi) is 4.61. The molecule has 34 heavy (non-hydrogen) atoms. The number of hydrogen-bond acceptors (Lipinski definition) is 4. The highest BCUT2D eigenvalue weighted by molar-refractivity contribution is 5.85. The summed E-state index contributed by atoms with van der Waals surface area (Å²) in [5.74, 6) is 3.11. The first-order chi connectivity index (χ1) is 16.1. The van der Waals surface area contributed by atoms with Gasteiger partial charge in [0, 0.05) is 31.0 Å². The standard InChI is InChI=1S/C30H47NO3/c1-19(2)21-9-13-27(4)20-8-15-29-12-6-7-22(29)30(27,25(21)31(29)17-20)16-10-23(32)26(3)18-33-28(5)14-11-24(26)34-28/h19-22,24-25H,6-18H2,1-5H3/t20-,21-,22-,24+,25+,26+,27+,28-,29-,30+/m1/s1. The van der Waals surface area contributed by atoms with Crippen LogP contribution in [0.15, 0.2) is 0 Å². The summed E-state index contributed by atoms with van der Waals surface area (Å²) in [5, 5.41) is 0. The zero-order valence-electron chi connectivity index (χ0n) is 22.3. The van der Waals surface area contributed by atoms with Crippen molar-refractivity contribution in [3.63, 3.8) is 0 Å². The van der Waals surface area contributed by atoms with Crippen molar-refractivity contribution in [1.29, 1.82) is 0 Å². The zero-order valence-corrected chi connectivity index (χ0v) is 22.3. The monoisotopic (exact) mass is 469 g/mol. The molecule has 0 aromatic rings. The van der Waals surface area contributed by atoms with Gasteiger partial charge < -0.3 is 9.47 Å². The third-order valence-electron chi connectivity index (χ3n) is 13.4. The molecule has 11 atom stereocenters. The summed E-state index contributed by atoms with van der Waals surface area (Å²) in [6.07, 6.45) is 13.6. The molecule has 5 heterocycles. The van der Waals surface area contributed by atoms with Crippen LogP contribution in [0.3, 0.4) is 0 Å². The summed E-state index contributed by atoms with van der Waals surface area (Å²) in [7, 11) is 0. The molecule has 190 valence electrons.